The molecule has 19 heavy (non-hydrogen) atoms. The van der Waals surface area contributed by atoms with Gasteiger partial charge in [0.25, 0.3) is 0 Å². The maximum atomic E-state index is 11.3. The van der Waals surface area contributed by atoms with Crippen LogP contribution in [-0.4, -0.2) is 24.1 Å². The molecule has 1 aromatic rings. The zero-order chi connectivity index (χ0) is 13.8. The van der Waals surface area contributed by atoms with Crippen LogP contribution in [0.2, 0.25) is 0 Å². The van der Waals surface area contributed by atoms with Crippen molar-refractivity contribution in [1.82, 2.24) is 0 Å². The summed E-state index contributed by atoms with van der Waals surface area (Å²) in [7, 11) is 0. The number of benzene rings is 1. The van der Waals surface area contributed by atoms with Crippen LogP contribution < -0.4 is 0 Å². The molecule has 0 fully saturated rings. The summed E-state index contributed by atoms with van der Waals surface area (Å²) < 4.78 is 5.06. The van der Waals surface area contributed by atoms with E-state index in [1.807, 2.05) is 42.5 Å². The zero-order valence-corrected chi connectivity index (χ0v) is 12.1. The fourth-order valence-electron chi connectivity index (χ4n) is 1.36. The molecule has 0 saturated carbocycles. The van der Waals surface area contributed by atoms with E-state index >= 15 is 0 Å². The Labute approximate surface area is 119 Å². The molecule has 0 atom stereocenters. The van der Waals surface area contributed by atoms with E-state index in [9.17, 15) is 4.79 Å². The molecule has 0 aliphatic carbocycles. The third-order valence-corrected chi connectivity index (χ3v) is 3.40. The first kappa shape index (κ1) is 15.6. The Kier molecular flexibility index (Phi) is 8.56. The Balaban J connectivity index is 2.18. The Morgan fingerprint density at radius 1 is 1.21 bits per heavy atom. The summed E-state index contributed by atoms with van der Waals surface area (Å²) in [5, 5.41) is 0. The van der Waals surface area contributed by atoms with Crippen LogP contribution in [0.1, 0.15) is 18.9 Å². The molecule has 1 aromatic carbocycles. The minimum absolute atomic E-state index is 0.283. The average molecular weight is 276 g/mol. The van der Waals surface area contributed by atoms with Crippen LogP contribution >= 0.6 is 11.8 Å². The lowest BCUT2D eigenvalue weighted by molar-refractivity contribution is -0.137. The van der Waals surface area contributed by atoms with Crippen molar-refractivity contribution in [3.8, 4) is 0 Å². The van der Waals surface area contributed by atoms with Gasteiger partial charge in [0.1, 0.15) is 6.61 Å². The lowest BCUT2D eigenvalue weighted by atomic mass is 10.2. The monoisotopic (exact) mass is 276 g/mol. The standard InChI is InChI=1S/C16H20O2S/c1-2-13-19-14-12-18-16(17)11-7-6-10-15-8-4-3-5-9-15/h3-11H,2,12-14H2,1H3. The molecule has 3 heteroatoms. The molecule has 102 valence electrons. The highest BCUT2D eigenvalue weighted by molar-refractivity contribution is 7.99. The number of rotatable bonds is 8. The predicted octanol–water partition coefficient (Wildman–Crippen LogP) is 3.94. The Morgan fingerprint density at radius 3 is 2.74 bits per heavy atom. The van der Waals surface area contributed by atoms with Crippen molar-refractivity contribution in [3.63, 3.8) is 0 Å². The first-order chi connectivity index (χ1) is 9.33. The molecule has 0 amide bonds. The van der Waals surface area contributed by atoms with E-state index in [-0.39, 0.29) is 5.97 Å². The van der Waals surface area contributed by atoms with E-state index in [1.165, 1.54) is 6.08 Å². The third-order valence-electron chi connectivity index (χ3n) is 2.25. The van der Waals surface area contributed by atoms with Crippen LogP contribution in [-0.2, 0) is 9.53 Å². The van der Waals surface area contributed by atoms with Crippen molar-refractivity contribution >= 4 is 23.8 Å². The minimum atomic E-state index is -0.283. The van der Waals surface area contributed by atoms with Gasteiger partial charge in [-0.15, -0.1) is 0 Å². The average Bonchev–Trinajstić information content (AvgIpc) is 2.44. The van der Waals surface area contributed by atoms with Crippen LogP contribution in [0.5, 0.6) is 0 Å². The zero-order valence-electron chi connectivity index (χ0n) is 11.2. The highest BCUT2D eigenvalue weighted by Crippen LogP contribution is 2.02. The van der Waals surface area contributed by atoms with Gasteiger partial charge in [-0.05, 0) is 17.7 Å². The van der Waals surface area contributed by atoms with Crippen LogP contribution in [0, 0.1) is 0 Å². The van der Waals surface area contributed by atoms with Crippen molar-refractivity contribution < 1.29 is 9.53 Å². The second-order valence-corrected chi connectivity index (χ2v) is 5.13. The van der Waals surface area contributed by atoms with Crippen molar-refractivity contribution in [2.45, 2.75) is 13.3 Å². The molecule has 0 bridgehead atoms. The Morgan fingerprint density at radius 2 is 2.00 bits per heavy atom. The van der Waals surface area contributed by atoms with Crippen molar-refractivity contribution in [3.05, 3.63) is 54.1 Å². The summed E-state index contributed by atoms with van der Waals surface area (Å²) in [5.41, 5.74) is 1.11. The molecule has 0 aliphatic heterocycles. The van der Waals surface area contributed by atoms with Gasteiger partial charge in [0.05, 0.1) is 0 Å². The van der Waals surface area contributed by atoms with Crippen LogP contribution in [0.15, 0.2) is 48.6 Å². The summed E-state index contributed by atoms with van der Waals surface area (Å²) in [6.07, 6.45) is 8.09. The summed E-state index contributed by atoms with van der Waals surface area (Å²) in [6.45, 7) is 2.62. The molecule has 1 rings (SSSR count). The summed E-state index contributed by atoms with van der Waals surface area (Å²) in [6, 6.07) is 9.94. The maximum Gasteiger partial charge on any atom is 0.330 e. The van der Waals surface area contributed by atoms with Gasteiger partial charge in [-0.3, -0.25) is 0 Å². The molecular formula is C16H20O2S. The van der Waals surface area contributed by atoms with Gasteiger partial charge >= 0.3 is 5.97 Å². The topological polar surface area (TPSA) is 26.3 Å². The molecule has 0 aliphatic rings. The van der Waals surface area contributed by atoms with Crippen LogP contribution in [0.25, 0.3) is 6.08 Å². The molecular weight excluding hydrogens is 256 g/mol. The Bertz CT molecular complexity index is 410. The third kappa shape index (κ3) is 8.27. The van der Waals surface area contributed by atoms with Gasteiger partial charge in [-0.1, -0.05) is 55.5 Å². The normalized spacial score (nSPS) is 11.2. The van der Waals surface area contributed by atoms with Crippen LogP contribution in [0.4, 0.5) is 0 Å². The maximum absolute atomic E-state index is 11.3. The number of ether oxygens (including phenoxy) is 1. The number of carbonyl (C=O) groups is 1. The second-order valence-electron chi connectivity index (χ2n) is 3.91. The van der Waals surface area contributed by atoms with Gasteiger partial charge in [0.15, 0.2) is 0 Å². The van der Waals surface area contributed by atoms with E-state index in [1.54, 1.807) is 17.8 Å². The molecule has 0 saturated heterocycles. The molecule has 0 heterocycles. The fourth-order valence-corrected chi connectivity index (χ4v) is 2.05. The number of allylic oxidation sites excluding steroid dienone is 2. The summed E-state index contributed by atoms with van der Waals surface area (Å²) in [4.78, 5) is 11.3. The molecule has 2 nitrogen and oxygen atoms in total. The fraction of sp³-hybridized carbons (Fsp3) is 0.312. The van der Waals surface area contributed by atoms with E-state index in [2.05, 4.69) is 6.92 Å². The van der Waals surface area contributed by atoms with Crippen LogP contribution in [0.3, 0.4) is 0 Å². The van der Waals surface area contributed by atoms with Crippen molar-refractivity contribution in [2.24, 2.45) is 0 Å². The first-order valence-corrected chi connectivity index (χ1v) is 7.62. The predicted molar refractivity (Wildman–Crippen MR) is 83.2 cm³/mol. The quantitative estimate of drug-likeness (QED) is 0.311. The van der Waals surface area contributed by atoms with E-state index < -0.39 is 0 Å². The number of thioether (sulfide) groups is 1. The minimum Gasteiger partial charge on any atom is -0.462 e. The van der Waals surface area contributed by atoms with Gasteiger partial charge in [-0.25, -0.2) is 4.79 Å². The van der Waals surface area contributed by atoms with Crippen molar-refractivity contribution in [1.29, 1.82) is 0 Å². The smallest absolute Gasteiger partial charge is 0.330 e. The lowest BCUT2D eigenvalue weighted by Gasteiger charge is -2.00. The number of carbonyl (C=O) groups excluding carboxylic acids is 1. The number of hydrogen-bond acceptors (Lipinski definition) is 3. The van der Waals surface area contributed by atoms with Gasteiger partial charge in [0.2, 0.25) is 0 Å². The Hall–Kier alpha value is -1.48. The van der Waals surface area contributed by atoms with Gasteiger partial charge in [0, 0.05) is 11.8 Å². The van der Waals surface area contributed by atoms with E-state index in [4.69, 9.17) is 4.74 Å². The second kappa shape index (κ2) is 10.4. The largest absolute Gasteiger partial charge is 0.462 e. The number of esters is 1. The molecule has 0 N–H and O–H groups in total. The number of hydrogen-bond donors (Lipinski definition) is 0. The van der Waals surface area contributed by atoms with Gasteiger partial charge < -0.3 is 4.74 Å². The highest BCUT2D eigenvalue weighted by Gasteiger charge is 1.95. The molecule has 0 radical (unpaired) electrons. The van der Waals surface area contributed by atoms with E-state index in [0.29, 0.717) is 6.61 Å². The summed E-state index contributed by atoms with van der Waals surface area (Å²) in [5.74, 6) is 1.70. The van der Waals surface area contributed by atoms with E-state index in [0.717, 1.165) is 23.5 Å². The molecule has 0 aromatic heterocycles. The summed E-state index contributed by atoms with van der Waals surface area (Å²) >= 11 is 1.81. The SMILES string of the molecule is CCCSCCOC(=O)C=CC=Cc1ccccc1. The molecule has 0 unspecified atom stereocenters. The highest BCUT2D eigenvalue weighted by atomic mass is 32.2. The lowest BCUT2D eigenvalue weighted by Crippen LogP contribution is -2.04. The van der Waals surface area contributed by atoms with Crippen molar-refractivity contribution in [2.75, 3.05) is 18.1 Å². The first-order valence-electron chi connectivity index (χ1n) is 6.47. The molecule has 0 spiro atoms. The van der Waals surface area contributed by atoms with Gasteiger partial charge in [-0.2, -0.15) is 11.8 Å².